The van der Waals surface area contributed by atoms with Crippen molar-refractivity contribution in [3.8, 4) is 0 Å². The fourth-order valence-electron chi connectivity index (χ4n) is 0.891. The predicted octanol–water partition coefficient (Wildman–Crippen LogP) is -0.620. The summed E-state index contributed by atoms with van der Waals surface area (Å²) in [6, 6.07) is 0. The van der Waals surface area contributed by atoms with Crippen LogP contribution in [0.3, 0.4) is 0 Å². The van der Waals surface area contributed by atoms with Gasteiger partial charge >= 0.3 is 5.97 Å². The van der Waals surface area contributed by atoms with Crippen LogP contribution in [0.1, 0.15) is 19.8 Å². The number of carboxylic acids is 1. The molecule has 0 unspecified atom stereocenters. The van der Waals surface area contributed by atoms with Crippen molar-refractivity contribution in [3.63, 3.8) is 0 Å². The van der Waals surface area contributed by atoms with E-state index in [1.54, 1.807) is 0 Å². The Morgan fingerprint density at radius 3 is 2.47 bits per heavy atom. The van der Waals surface area contributed by atoms with Gasteiger partial charge in [-0.2, -0.15) is 0 Å². The molecule has 0 saturated heterocycles. The van der Waals surface area contributed by atoms with E-state index in [1.165, 1.54) is 0 Å². The van der Waals surface area contributed by atoms with Gasteiger partial charge in [0, 0.05) is 13.1 Å². The minimum absolute atomic E-state index is 0.294. The molecular formula is C8H18N2O4S. The van der Waals surface area contributed by atoms with Crippen molar-refractivity contribution in [3.05, 3.63) is 0 Å². The Labute approximate surface area is 90.1 Å². The van der Waals surface area contributed by atoms with Crippen LogP contribution >= 0.6 is 0 Å². The van der Waals surface area contributed by atoms with Gasteiger partial charge in [-0.25, -0.2) is 13.1 Å². The maximum Gasteiger partial charge on any atom is 0.304 e. The van der Waals surface area contributed by atoms with Crippen molar-refractivity contribution in [1.29, 1.82) is 0 Å². The predicted molar refractivity (Wildman–Crippen MR) is 57.2 cm³/mol. The molecule has 3 N–H and O–H groups in total. The van der Waals surface area contributed by atoms with Gasteiger partial charge in [0.2, 0.25) is 10.0 Å². The van der Waals surface area contributed by atoms with Crippen molar-refractivity contribution in [2.75, 3.05) is 25.4 Å². The van der Waals surface area contributed by atoms with Gasteiger partial charge in [0.05, 0.1) is 12.2 Å². The van der Waals surface area contributed by atoms with Crippen LogP contribution in [0.25, 0.3) is 0 Å². The second kappa shape index (κ2) is 7.61. The van der Waals surface area contributed by atoms with Gasteiger partial charge in [0.15, 0.2) is 0 Å². The molecule has 0 spiro atoms. The average molecular weight is 238 g/mol. The molecule has 0 heterocycles. The molecule has 0 aliphatic rings. The standard InChI is InChI=1S/C8H18N2O4S/c1-2-4-9-5-6-10-15(13,14)7-3-8(11)12/h9-10H,2-7H2,1H3,(H,11,12). The zero-order valence-corrected chi connectivity index (χ0v) is 9.64. The van der Waals surface area contributed by atoms with E-state index in [1.807, 2.05) is 6.92 Å². The van der Waals surface area contributed by atoms with Gasteiger partial charge in [-0.15, -0.1) is 0 Å². The van der Waals surface area contributed by atoms with E-state index in [0.29, 0.717) is 13.1 Å². The molecule has 6 nitrogen and oxygen atoms in total. The molecule has 0 aliphatic carbocycles. The van der Waals surface area contributed by atoms with Gasteiger partial charge in [0.25, 0.3) is 0 Å². The smallest absolute Gasteiger partial charge is 0.304 e. The largest absolute Gasteiger partial charge is 0.481 e. The average Bonchev–Trinajstić information content (AvgIpc) is 2.15. The molecule has 0 aromatic rings. The summed E-state index contributed by atoms with van der Waals surface area (Å²) in [5, 5.41) is 11.3. The molecule has 7 heteroatoms. The number of hydrogen-bond acceptors (Lipinski definition) is 4. The van der Waals surface area contributed by atoms with Gasteiger partial charge in [0.1, 0.15) is 0 Å². The Balaban J connectivity index is 3.61. The normalized spacial score (nSPS) is 11.5. The summed E-state index contributed by atoms with van der Waals surface area (Å²) >= 11 is 0. The number of rotatable bonds is 9. The lowest BCUT2D eigenvalue weighted by Crippen LogP contribution is -2.34. The lowest BCUT2D eigenvalue weighted by atomic mass is 10.5. The van der Waals surface area contributed by atoms with Gasteiger partial charge in [-0.1, -0.05) is 6.92 Å². The first-order chi connectivity index (χ1) is 6.98. The summed E-state index contributed by atoms with van der Waals surface area (Å²) in [7, 11) is -3.43. The third kappa shape index (κ3) is 9.64. The van der Waals surface area contributed by atoms with Crippen molar-refractivity contribution in [2.24, 2.45) is 0 Å². The quantitative estimate of drug-likeness (QED) is 0.465. The number of nitrogens with one attached hydrogen (secondary N) is 2. The first-order valence-electron chi connectivity index (χ1n) is 4.88. The first kappa shape index (κ1) is 14.3. The first-order valence-corrected chi connectivity index (χ1v) is 6.53. The lowest BCUT2D eigenvalue weighted by molar-refractivity contribution is -0.136. The van der Waals surface area contributed by atoms with E-state index in [-0.39, 0.29) is 12.2 Å². The molecule has 0 aromatic heterocycles. The van der Waals surface area contributed by atoms with E-state index in [4.69, 9.17) is 5.11 Å². The highest BCUT2D eigenvalue weighted by Crippen LogP contribution is 1.88. The van der Waals surface area contributed by atoms with Crippen LogP contribution in [0, 0.1) is 0 Å². The summed E-state index contributed by atoms with van der Waals surface area (Å²) in [5.41, 5.74) is 0. The third-order valence-electron chi connectivity index (χ3n) is 1.64. The Kier molecular flexibility index (Phi) is 7.27. The number of hydrogen-bond donors (Lipinski definition) is 3. The van der Waals surface area contributed by atoms with Crippen LogP contribution in [-0.2, 0) is 14.8 Å². The highest BCUT2D eigenvalue weighted by Gasteiger charge is 2.11. The van der Waals surface area contributed by atoms with E-state index < -0.39 is 16.0 Å². The summed E-state index contributed by atoms with van der Waals surface area (Å²) in [4.78, 5) is 10.2. The molecule has 15 heavy (non-hydrogen) atoms. The van der Waals surface area contributed by atoms with Crippen LogP contribution in [0.15, 0.2) is 0 Å². The van der Waals surface area contributed by atoms with Crippen molar-refractivity contribution in [2.45, 2.75) is 19.8 Å². The Morgan fingerprint density at radius 1 is 1.27 bits per heavy atom. The monoisotopic (exact) mass is 238 g/mol. The van der Waals surface area contributed by atoms with Crippen molar-refractivity contribution < 1.29 is 18.3 Å². The van der Waals surface area contributed by atoms with Crippen LogP contribution < -0.4 is 10.0 Å². The molecular weight excluding hydrogens is 220 g/mol. The van der Waals surface area contributed by atoms with Crippen LogP contribution in [0.5, 0.6) is 0 Å². The fourth-order valence-corrected chi connectivity index (χ4v) is 1.89. The summed E-state index contributed by atoms with van der Waals surface area (Å²) in [6.07, 6.45) is 0.628. The van der Waals surface area contributed by atoms with Crippen LogP contribution in [-0.4, -0.2) is 44.9 Å². The molecule has 0 aliphatic heterocycles. The zero-order chi connectivity index (χ0) is 11.7. The Morgan fingerprint density at radius 2 is 1.93 bits per heavy atom. The molecule has 0 aromatic carbocycles. The SMILES string of the molecule is CCCNCCNS(=O)(=O)CCC(=O)O. The number of carbonyl (C=O) groups is 1. The summed E-state index contributed by atoms with van der Waals surface area (Å²) in [6.45, 7) is 3.71. The minimum Gasteiger partial charge on any atom is -0.481 e. The van der Waals surface area contributed by atoms with E-state index in [0.717, 1.165) is 13.0 Å². The second-order valence-electron chi connectivity index (χ2n) is 3.11. The number of aliphatic carboxylic acids is 1. The molecule has 0 saturated carbocycles. The van der Waals surface area contributed by atoms with E-state index in [9.17, 15) is 13.2 Å². The molecule has 0 amide bonds. The number of sulfonamides is 1. The maximum absolute atomic E-state index is 11.2. The highest BCUT2D eigenvalue weighted by molar-refractivity contribution is 7.89. The molecule has 90 valence electrons. The third-order valence-corrected chi connectivity index (χ3v) is 3.02. The fraction of sp³-hybridized carbons (Fsp3) is 0.875. The van der Waals surface area contributed by atoms with Crippen molar-refractivity contribution in [1.82, 2.24) is 10.0 Å². The maximum atomic E-state index is 11.2. The molecule has 0 rings (SSSR count). The summed E-state index contributed by atoms with van der Waals surface area (Å²) in [5.74, 6) is -1.47. The van der Waals surface area contributed by atoms with Crippen LogP contribution in [0.2, 0.25) is 0 Å². The van der Waals surface area contributed by atoms with Crippen molar-refractivity contribution >= 4 is 16.0 Å². The molecule has 0 fully saturated rings. The lowest BCUT2D eigenvalue weighted by Gasteiger charge is -2.05. The zero-order valence-electron chi connectivity index (χ0n) is 8.82. The van der Waals surface area contributed by atoms with Gasteiger partial charge in [-0.05, 0) is 13.0 Å². The van der Waals surface area contributed by atoms with Crippen LogP contribution in [0.4, 0.5) is 0 Å². The minimum atomic E-state index is -3.43. The Hall–Kier alpha value is -0.660. The second-order valence-corrected chi connectivity index (χ2v) is 5.03. The summed E-state index contributed by atoms with van der Waals surface area (Å²) < 4.78 is 24.7. The Bertz CT molecular complexity index is 276. The molecule has 0 atom stereocenters. The highest BCUT2D eigenvalue weighted by atomic mass is 32.2. The van der Waals surface area contributed by atoms with E-state index in [2.05, 4.69) is 10.0 Å². The van der Waals surface area contributed by atoms with Gasteiger partial charge in [-0.3, -0.25) is 4.79 Å². The van der Waals surface area contributed by atoms with Gasteiger partial charge < -0.3 is 10.4 Å². The van der Waals surface area contributed by atoms with E-state index >= 15 is 0 Å². The number of carboxylic acid groups (broad SMARTS) is 1. The molecule has 0 radical (unpaired) electrons. The molecule has 0 bridgehead atoms. The topological polar surface area (TPSA) is 95.5 Å².